The van der Waals surface area contributed by atoms with Crippen molar-refractivity contribution >= 4 is 0 Å². The molecule has 0 aliphatic carbocycles. The van der Waals surface area contributed by atoms with E-state index in [-0.39, 0.29) is 0 Å². The zero-order valence-electron chi connectivity index (χ0n) is 12.1. The molecule has 1 aromatic heterocycles. The minimum Gasteiger partial charge on any atom is -0.468 e. The van der Waals surface area contributed by atoms with Gasteiger partial charge in [0.05, 0.1) is 12.8 Å². The fourth-order valence-electron chi connectivity index (χ4n) is 3.08. The average Bonchev–Trinajstić information content (AvgIpc) is 2.73. The van der Waals surface area contributed by atoms with Gasteiger partial charge in [-0.25, -0.2) is 0 Å². The maximum absolute atomic E-state index is 5.55. The molecule has 0 spiro atoms. The quantitative estimate of drug-likeness (QED) is 0.890. The predicted octanol–water partition coefficient (Wildman–Crippen LogP) is 2.87. The van der Waals surface area contributed by atoms with Crippen LogP contribution in [0.1, 0.15) is 38.5 Å². The van der Waals surface area contributed by atoms with Gasteiger partial charge in [-0.2, -0.15) is 0 Å². The maximum Gasteiger partial charge on any atom is 0.122 e. The number of piperidine rings is 1. The molecule has 2 heterocycles. The molecule has 3 atom stereocenters. The Bertz CT molecular complexity index is 374. The second kappa shape index (κ2) is 5.89. The van der Waals surface area contributed by atoms with E-state index in [9.17, 15) is 0 Å². The highest BCUT2D eigenvalue weighted by Crippen LogP contribution is 2.28. The Hall–Kier alpha value is -0.800. The molecule has 18 heavy (non-hydrogen) atoms. The first-order valence-corrected chi connectivity index (χ1v) is 7.05. The standard InChI is InChI=1S/C15H26N2O/c1-11-7-12(2)13(3)17(9-11)10-14-5-6-18-15(14)8-16-4/h5-6,11-13,16H,7-10H2,1-4H3. The first-order valence-electron chi connectivity index (χ1n) is 7.05. The van der Waals surface area contributed by atoms with E-state index in [2.05, 4.69) is 37.1 Å². The Kier molecular flexibility index (Phi) is 4.46. The highest BCUT2D eigenvalue weighted by atomic mass is 16.3. The van der Waals surface area contributed by atoms with Gasteiger partial charge in [-0.3, -0.25) is 4.90 Å². The number of nitrogens with one attached hydrogen (secondary N) is 1. The fourth-order valence-corrected chi connectivity index (χ4v) is 3.08. The number of furan rings is 1. The summed E-state index contributed by atoms with van der Waals surface area (Å²) in [6, 6.07) is 2.78. The molecule has 3 unspecified atom stereocenters. The normalized spacial score (nSPS) is 29.7. The highest BCUT2D eigenvalue weighted by molar-refractivity contribution is 5.17. The van der Waals surface area contributed by atoms with Crippen molar-refractivity contribution in [2.45, 2.75) is 46.3 Å². The minimum atomic E-state index is 0.665. The van der Waals surface area contributed by atoms with Crippen molar-refractivity contribution in [2.24, 2.45) is 11.8 Å². The lowest BCUT2D eigenvalue weighted by Crippen LogP contribution is -2.45. The van der Waals surface area contributed by atoms with Crippen molar-refractivity contribution in [3.05, 3.63) is 23.7 Å². The molecular formula is C15H26N2O. The van der Waals surface area contributed by atoms with Crippen LogP contribution in [0, 0.1) is 11.8 Å². The summed E-state index contributed by atoms with van der Waals surface area (Å²) in [5, 5.41) is 3.16. The predicted molar refractivity (Wildman–Crippen MR) is 74.3 cm³/mol. The summed E-state index contributed by atoms with van der Waals surface area (Å²) in [5.74, 6) is 2.67. The second-order valence-electron chi connectivity index (χ2n) is 5.89. The Labute approximate surface area is 111 Å². The van der Waals surface area contributed by atoms with Crippen LogP contribution in [0.4, 0.5) is 0 Å². The molecule has 3 heteroatoms. The third-order valence-corrected chi connectivity index (χ3v) is 4.27. The molecule has 0 amide bonds. The summed E-state index contributed by atoms with van der Waals surface area (Å²) >= 11 is 0. The summed E-state index contributed by atoms with van der Waals surface area (Å²) in [7, 11) is 1.96. The van der Waals surface area contributed by atoms with Gasteiger partial charge in [-0.05, 0) is 38.3 Å². The topological polar surface area (TPSA) is 28.4 Å². The van der Waals surface area contributed by atoms with Crippen molar-refractivity contribution in [1.29, 1.82) is 0 Å². The molecule has 1 aliphatic heterocycles. The van der Waals surface area contributed by atoms with Crippen LogP contribution in [0.2, 0.25) is 0 Å². The highest BCUT2D eigenvalue weighted by Gasteiger charge is 2.29. The van der Waals surface area contributed by atoms with Gasteiger partial charge >= 0.3 is 0 Å². The number of hydrogen-bond donors (Lipinski definition) is 1. The zero-order valence-corrected chi connectivity index (χ0v) is 12.1. The lowest BCUT2D eigenvalue weighted by molar-refractivity contribution is 0.0724. The van der Waals surface area contributed by atoms with Crippen molar-refractivity contribution in [2.75, 3.05) is 13.6 Å². The van der Waals surface area contributed by atoms with Crippen molar-refractivity contribution in [3.8, 4) is 0 Å². The van der Waals surface area contributed by atoms with E-state index in [1.165, 1.54) is 18.5 Å². The lowest BCUT2D eigenvalue weighted by Gasteiger charge is -2.41. The van der Waals surface area contributed by atoms with Gasteiger partial charge in [0.25, 0.3) is 0 Å². The third-order valence-electron chi connectivity index (χ3n) is 4.27. The average molecular weight is 250 g/mol. The van der Waals surface area contributed by atoms with Gasteiger partial charge in [0.1, 0.15) is 5.76 Å². The first-order chi connectivity index (χ1) is 8.61. The Morgan fingerprint density at radius 1 is 1.39 bits per heavy atom. The molecule has 2 rings (SSSR count). The second-order valence-corrected chi connectivity index (χ2v) is 5.89. The summed E-state index contributed by atoms with van der Waals surface area (Å²) in [4.78, 5) is 2.60. The molecule has 102 valence electrons. The molecule has 1 aliphatic rings. The van der Waals surface area contributed by atoms with E-state index in [0.717, 1.165) is 30.7 Å². The molecule has 0 radical (unpaired) electrons. The molecule has 1 saturated heterocycles. The van der Waals surface area contributed by atoms with E-state index in [0.29, 0.717) is 6.04 Å². The van der Waals surface area contributed by atoms with Gasteiger partial charge in [-0.15, -0.1) is 0 Å². The summed E-state index contributed by atoms with van der Waals surface area (Å²) in [5.41, 5.74) is 1.33. The molecule has 0 aromatic carbocycles. The Morgan fingerprint density at radius 2 is 2.17 bits per heavy atom. The molecule has 1 fully saturated rings. The van der Waals surface area contributed by atoms with E-state index < -0.39 is 0 Å². The minimum absolute atomic E-state index is 0.665. The van der Waals surface area contributed by atoms with Crippen LogP contribution in [0.5, 0.6) is 0 Å². The Balaban J connectivity index is 2.05. The van der Waals surface area contributed by atoms with E-state index in [4.69, 9.17) is 4.42 Å². The van der Waals surface area contributed by atoms with E-state index >= 15 is 0 Å². The van der Waals surface area contributed by atoms with Crippen LogP contribution in [-0.2, 0) is 13.1 Å². The molecular weight excluding hydrogens is 224 g/mol. The fraction of sp³-hybridized carbons (Fsp3) is 0.733. The summed E-state index contributed by atoms with van der Waals surface area (Å²) in [6.07, 6.45) is 3.16. The van der Waals surface area contributed by atoms with Crippen molar-refractivity contribution in [3.63, 3.8) is 0 Å². The monoisotopic (exact) mass is 250 g/mol. The van der Waals surface area contributed by atoms with Crippen LogP contribution < -0.4 is 5.32 Å². The van der Waals surface area contributed by atoms with Crippen molar-refractivity contribution in [1.82, 2.24) is 10.2 Å². The van der Waals surface area contributed by atoms with E-state index in [1.807, 2.05) is 13.3 Å². The van der Waals surface area contributed by atoms with Gasteiger partial charge in [0.15, 0.2) is 0 Å². The number of rotatable bonds is 4. The SMILES string of the molecule is CNCc1occc1CN1CC(C)CC(C)C1C. The molecule has 0 saturated carbocycles. The Morgan fingerprint density at radius 3 is 2.89 bits per heavy atom. The lowest BCUT2D eigenvalue weighted by atomic mass is 9.86. The smallest absolute Gasteiger partial charge is 0.122 e. The molecule has 1 N–H and O–H groups in total. The third kappa shape index (κ3) is 2.96. The van der Waals surface area contributed by atoms with Gasteiger partial charge < -0.3 is 9.73 Å². The number of likely N-dealkylation sites (tertiary alicyclic amines) is 1. The molecule has 0 bridgehead atoms. The molecule has 1 aromatic rings. The van der Waals surface area contributed by atoms with Crippen LogP contribution in [-0.4, -0.2) is 24.5 Å². The maximum atomic E-state index is 5.55. The van der Waals surface area contributed by atoms with Crippen molar-refractivity contribution < 1.29 is 4.42 Å². The van der Waals surface area contributed by atoms with E-state index in [1.54, 1.807) is 0 Å². The van der Waals surface area contributed by atoms with Gasteiger partial charge in [0.2, 0.25) is 0 Å². The van der Waals surface area contributed by atoms with Gasteiger partial charge in [-0.1, -0.05) is 13.8 Å². The number of nitrogens with zero attached hydrogens (tertiary/aromatic N) is 1. The van der Waals surface area contributed by atoms with Crippen LogP contribution >= 0.6 is 0 Å². The zero-order chi connectivity index (χ0) is 13.1. The summed E-state index contributed by atoms with van der Waals surface area (Å²) < 4.78 is 5.55. The van der Waals surface area contributed by atoms with Gasteiger partial charge in [0, 0.05) is 24.7 Å². The molecule has 3 nitrogen and oxygen atoms in total. The van der Waals surface area contributed by atoms with Crippen LogP contribution in [0.15, 0.2) is 16.7 Å². The summed E-state index contributed by atoms with van der Waals surface area (Å²) in [6.45, 7) is 10.1. The largest absolute Gasteiger partial charge is 0.468 e. The van der Waals surface area contributed by atoms with Crippen LogP contribution in [0.3, 0.4) is 0 Å². The first kappa shape index (κ1) is 13.6. The van der Waals surface area contributed by atoms with Crippen LogP contribution in [0.25, 0.3) is 0 Å². The number of hydrogen-bond acceptors (Lipinski definition) is 3.